The number of halogens is 1. The Bertz CT molecular complexity index is 925. The topological polar surface area (TPSA) is 101 Å². The summed E-state index contributed by atoms with van der Waals surface area (Å²) in [7, 11) is 0. The van der Waals surface area contributed by atoms with Crippen LogP contribution >= 0.6 is 12.4 Å². The molecule has 0 aliphatic heterocycles. The largest absolute Gasteiger partial charge is 0.316 e. The van der Waals surface area contributed by atoms with E-state index in [1.807, 2.05) is 0 Å². The first kappa shape index (κ1) is 14.7. The predicted octanol–water partition coefficient (Wildman–Crippen LogP) is 1.03. The molecule has 0 unspecified atom stereocenters. The van der Waals surface area contributed by atoms with Crippen molar-refractivity contribution < 1.29 is 4.79 Å². The van der Waals surface area contributed by atoms with Crippen molar-refractivity contribution in [3.05, 3.63) is 57.1 Å². The van der Waals surface area contributed by atoms with Gasteiger partial charge in [0.25, 0.3) is 0 Å². The number of nitrogens with one attached hydrogen (secondary N) is 2. The van der Waals surface area contributed by atoms with Gasteiger partial charge >= 0.3 is 11.1 Å². The molecule has 0 fully saturated rings. The Morgan fingerprint density at radius 2 is 1.76 bits per heavy atom. The molecule has 108 valence electrons. The standard InChI is InChI=1S/C13H10N4O3.ClH/c1-7(18)8-4-9-10(16-13(20)12(19)15-9)5-11(8)17-3-2-14-6-17;/h2-6H,1H3,(H,15,19)(H,16,20);1H. The van der Waals surface area contributed by atoms with Gasteiger partial charge in [-0.25, -0.2) is 4.98 Å². The average molecular weight is 307 g/mol. The van der Waals surface area contributed by atoms with Crippen molar-refractivity contribution in [2.45, 2.75) is 6.92 Å². The maximum absolute atomic E-state index is 11.8. The fourth-order valence-electron chi connectivity index (χ4n) is 2.05. The number of hydrogen-bond donors (Lipinski definition) is 2. The predicted molar refractivity (Wildman–Crippen MR) is 79.6 cm³/mol. The molecule has 2 aromatic heterocycles. The molecule has 7 nitrogen and oxygen atoms in total. The highest BCUT2D eigenvalue weighted by Gasteiger charge is 2.12. The molecule has 0 aliphatic carbocycles. The average Bonchev–Trinajstić information content (AvgIpc) is 2.92. The number of ketones is 1. The fraction of sp³-hybridized carbons (Fsp3) is 0.0769. The van der Waals surface area contributed by atoms with Gasteiger partial charge in [-0.05, 0) is 19.1 Å². The highest BCUT2D eigenvalue weighted by molar-refractivity contribution is 6.01. The van der Waals surface area contributed by atoms with Crippen LogP contribution in [0, 0.1) is 0 Å². The molecular formula is C13H11ClN4O3. The van der Waals surface area contributed by atoms with Gasteiger partial charge in [-0.15, -0.1) is 12.4 Å². The Morgan fingerprint density at radius 3 is 2.29 bits per heavy atom. The second-order valence-corrected chi connectivity index (χ2v) is 4.35. The Labute approximate surface area is 124 Å². The third-order valence-corrected chi connectivity index (χ3v) is 3.00. The lowest BCUT2D eigenvalue weighted by molar-refractivity contribution is 0.101. The molecule has 1 aromatic carbocycles. The van der Waals surface area contributed by atoms with Crippen molar-refractivity contribution >= 4 is 29.2 Å². The number of carbonyl (C=O) groups is 1. The van der Waals surface area contributed by atoms with Crippen LogP contribution in [-0.2, 0) is 0 Å². The maximum atomic E-state index is 11.8. The van der Waals surface area contributed by atoms with Gasteiger partial charge in [0.1, 0.15) is 0 Å². The number of aromatic amines is 2. The molecule has 0 aliphatic rings. The summed E-state index contributed by atoms with van der Waals surface area (Å²) in [5.74, 6) is -0.150. The van der Waals surface area contributed by atoms with Crippen LogP contribution in [-0.4, -0.2) is 25.3 Å². The summed E-state index contributed by atoms with van der Waals surface area (Å²) < 4.78 is 1.67. The number of carbonyl (C=O) groups excluding carboxylic acids is 1. The normalized spacial score (nSPS) is 10.3. The number of aromatic nitrogens is 4. The first-order valence-corrected chi connectivity index (χ1v) is 5.86. The first-order chi connectivity index (χ1) is 9.56. The van der Waals surface area contributed by atoms with Crippen LogP contribution in [0.25, 0.3) is 16.7 Å². The molecule has 0 spiro atoms. The highest BCUT2D eigenvalue weighted by atomic mass is 35.5. The van der Waals surface area contributed by atoms with E-state index >= 15 is 0 Å². The lowest BCUT2D eigenvalue weighted by atomic mass is 10.1. The van der Waals surface area contributed by atoms with Crippen molar-refractivity contribution in [3.8, 4) is 5.69 Å². The summed E-state index contributed by atoms with van der Waals surface area (Å²) in [6.07, 6.45) is 4.83. The van der Waals surface area contributed by atoms with Crippen LogP contribution < -0.4 is 11.1 Å². The number of H-pyrrole nitrogens is 2. The number of imidazole rings is 1. The number of rotatable bonds is 2. The smallest absolute Gasteiger partial charge is 0.314 e. The van der Waals surface area contributed by atoms with Crippen molar-refractivity contribution in [3.63, 3.8) is 0 Å². The first-order valence-electron chi connectivity index (χ1n) is 5.86. The van der Waals surface area contributed by atoms with Crippen LogP contribution in [0.2, 0.25) is 0 Å². The Morgan fingerprint density at radius 1 is 1.14 bits per heavy atom. The van der Waals surface area contributed by atoms with Crippen LogP contribution in [0.5, 0.6) is 0 Å². The second-order valence-electron chi connectivity index (χ2n) is 4.35. The van der Waals surface area contributed by atoms with E-state index in [4.69, 9.17) is 0 Å². The number of fused-ring (bicyclic) bond motifs is 1. The van der Waals surface area contributed by atoms with Crippen LogP contribution in [0.4, 0.5) is 0 Å². The minimum atomic E-state index is -0.748. The minimum Gasteiger partial charge on any atom is -0.316 e. The Kier molecular flexibility index (Phi) is 3.77. The molecule has 21 heavy (non-hydrogen) atoms. The monoisotopic (exact) mass is 306 g/mol. The van der Waals surface area contributed by atoms with Gasteiger partial charge in [0.15, 0.2) is 5.78 Å². The number of hydrogen-bond acceptors (Lipinski definition) is 4. The summed E-state index contributed by atoms with van der Waals surface area (Å²) in [6, 6.07) is 3.18. The molecule has 3 rings (SSSR count). The summed E-state index contributed by atoms with van der Waals surface area (Å²) in [6.45, 7) is 1.44. The third-order valence-electron chi connectivity index (χ3n) is 3.00. The molecular weight excluding hydrogens is 296 g/mol. The molecule has 0 radical (unpaired) electrons. The molecule has 0 atom stereocenters. The van der Waals surface area contributed by atoms with E-state index in [-0.39, 0.29) is 18.2 Å². The van der Waals surface area contributed by atoms with E-state index in [0.717, 1.165) is 0 Å². The number of nitrogens with zero attached hydrogens (tertiary/aromatic N) is 2. The fourth-order valence-corrected chi connectivity index (χ4v) is 2.05. The molecule has 0 saturated carbocycles. The van der Waals surface area contributed by atoms with Gasteiger partial charge in [-0.3, -0.25) is 14.4 Å². The number of Topliss-reactive ketones (excluding diaryl/α,β-unsaturated/α-hetero) is 1. The lowest BCUT2D eigenvalue weighted by Gasteiger charge is -2.09. The maximum Gasteiger partial charge on any atom is 0.314 e. The molecule has 0 saturated heterocycles. The molecule has 0 bridgehead atoms. The number of benzene rings is 1. The third kappa shape index (κ3) is 2.50. The summed E-state index contributed by atoms with van der Waals surface area (Å²) >= 11 is 0. The Balaban J connectivity index is 0.00000161. The van der Waals surface area contributed by atoms with E-state index in [9.17, 15) is 14.4 Å². The van der Waals surface area contributed by atoms with E-state index < -0.39 is 11.1 Å². The highest BCUT2D eigenvalue weighted by Crippen LogP contribution is 2.20. The van der Waals surface area contributed by atoms with E-state index in [2.05, 4.69) is 15.0 Å². The Hall–Kier alpha value is -2.67. The van der Waals surface area contributed by atoms with E-state index in [0.29, 0.717) is 22.3 Å². The van der Waals surface area contributed by atoms with Gasteiger partial charge in [0.05, 0.1) is 23.0 Å². The zero-order valence-electron chi connectivity index (χ0n) is 10.9. The van der Waals surface area contributed by atoms with Gasteiger partial charge < -0.3 is 14.5 Å². The van der Waals surface area contributed by atoms with Gasteiger partial charge in [0, 0.05) is 18.0 Å². The lowest BCUT2D eigenvalue weighted by Crippen LogP contribution is -2.29. The van der Waals surface area contributed by atoms with E-state index in [1.54, 1.807) is 35.4 Å². The van der Waals surface area contributed by atoms with Crippen molar-refractivity contribution in [2.75, 3.05) is 0 Å². The van der Waals surface area contributed by atoms with Gasteiger partial charge in [-0.1, -0.05) is 0 Å². The van der Waals surface area contributed by atoms with Crippen molar-refractivity contribution in [1.29, 1.82) is 0 Å². The van der Waals surface area contributed by atoms with Crippen molar-refractivity contribution in [1.82, 2.24) is 19.5 Å². The molecule has 0 amide bonds. The summed E-state index contributed by atoms with van der Waals surface area (Å²) in [4.78, 5) is 43.3. The molecule has 2 heterocycles. The zero-order valence-corrected chi connectivity index (χ0v) is 11.7. The quantitative estimate of drug-likeness (QED) is 0.545. The van der Waals surface area contributed by atoms with Crippen LogP contribution in [0.3, 0.4) is 0 Å². The van der Waals surface area contributed by atoms with Gasteiger partial charge in [-0.2, -0.15) is 0 Å². The van der Waals surface area contributed by atoms with Gasteiger partial charge in [0.2, 0.25) is 0 Å². The van der Waals surface area contributed by atoms with E-state index in [1.165, 1.54) is 6.92 Å². The summed E-state index contributed by atoms with van der Waals surface area (Å²) in [5.41, 5.74) is 0.391. The second kappa shape index (κ2) is 5.37. The van der Waals surface area contributed by atoms with Crippen LogP contribution in [0.15, 0.2) is 40.4 Å². The molecule has 8 heteroatoms. The van der Waals surface area contributed by atoms with Crippen LogP contribution in [0.1, 0.15) is 17.3 Å². The minimum absolute atomic E-state index is 0. The van der Waals surface area contributed by atoms with Crippen molar-refractivity contribution in [2.24, 2.45) is 0 Å². The molecule has 2 N–H and O–H groups in total. The zero-order chi connectivity index (χ0) is 14.3. The summed E-state index contributed by atoms with van der Waals surface area (Å²) in [5, 5.41) is 0. The SMILES string of the molecule is CC(=O)c1cc2[nH]c(=O)c(=O)[nH]c2cc1-n1ccnc1.Cl. The molecule has 3 aromatic rings.